The number of fused-ring (bicyclic) bond motifs is 3. The molecule has 7 rings (SSSR count). The highest BCUT2D eigenvalue weighted by molar-refractivity contribution is 6.21. The van der Waals surface area contributed by atoms with E-state index in [0.29, 0.717) is 11.1 Å². The van der Waals surface area contributed by atoms with Crippen LogP contribution in [0, 0.1) is 0 Å². The van der Waals surface area contributed by atoms with Crippen molar-refractivity contribution in [1.82, 2.24) is 0 Å². The number of hydrogen-bond acceptors (Lipinski definition) is 0. The molecule has 36 heavy (non-hydrogen) atoms. The van der Waals surface area contributed by atoms with Crippen molar-refractivity contribution >= 4 is 32.3 Å². The molecule has 0 spiro atoms. The molecular formula is C36H24. The van der Waals surface area contributed by atoms with Gasteiger partial charge in [0, 0.05) is 0 Å². The first-order chi connectivity index (χ1) is 23.7. The van der Waals surface area contributed by atoms with Gasteiger partial charge in [-0.05, 0) is 71.7 Å². The summed E-state index contributed by atoms with van der Waals surface area (Å²) >= 11 is 0. The zero-order valence-electron chi connectivity index (χ0n) is 32.8. The topological polar surface area (TPSA) is 0 Å². The first kappa shape index (κ1) is 10.9. The Labute approximate surface area is 230 Å². The summed E-state index contributed by atoms with van der Waals surface area (Å²) in [5.74, 6) is 0. The van der Waals surface area contributed by atoms with E-state index in [9.17, 15) is 4.11 Å². The molecule has 0 aliphatic heterocycles. The van der Waals surface area contributed by atoms with Gasteiger partial charge in [-0.2, -0.15) is 0 Å². The van der Waals surface area contributed by atoms with Crippen LogP contribution < -0.4 is 0 Å². The molecule has 0 heteroatoms. The summed E-state index contributed by atoms with van der Waals surface area (Å²) < 4.78 is 125. The molecule has 0 aromatic heterocycles. The van der Waals surface area contributed by atoms with Gasteiger partial charge in [0.1, 0.15) is 0 Å². The highest BCUT2D eigenvalue weighted by atomic mass is 14.2. The Bertz CT molecular complexity index is 2540. The second kappa shape index (κ2) is 8.52. The molecular weight excluding hydrogens is 432 g/mol. The lowest BCUT2D eigenvalue weighted by molar-refractivity contribution is 1.64. The lowest BCUT2D eigenvalue weighted by Gasteiger charge is -2.18. The molecule has 0 unspecified atom stereocenters. The molecule has 0 aliphatic carbocycles. The van der Waals surface area contributed by atoms with Gasteiger partial charge in [0.25, 0.3) is 0 Å². The Morgan fingerprint density at radius 3 is 1.50 bits per heavy atom. The number of rotatable bonds is 3. The van der Waals surface area contributed by atoms with Crippen LogP contribution in [0.2, 0.25) is 0 Å². The fourth-order valence-corrected chi connectivity index (χ4v) is 4.62. The summed E-state index contributed by atoms with van der Waals surface area (Å²) in [6, 6.07) is 8.84. The smallest absolute Gasteiger partial charge is 0.0622 e. The van der Waals surface area contributed by atoms with Crippen molar-refractivity contribution in [3.05, 3.63) is 145 Å². The Hall–Kier alpha value is -4.68. The van der Waals surface area contributed by atoms with E-state index in [1.54, 1.807) is 60.7 Å². The minimum absolute atomic E-state index is 0.0677. The van der Waals surface area contributed by atoms with Crippen LogP contribution in [0.25, 0.3) is 65.7 Å². The largest absolute Gasteiger partial charge is 0.0636 e. The van der Waals surface area contributed by atoms with E-state index in [-0.39, 0.29) is 55.1 Å². The highest BCUT2D eigenvalue weighted by Crippen LogP contribution is 2.44. The minimum atomic E-state index is -0.660. The van der Waals surface area contributed by atoms with E-state index in [1.165, 1.54) is 0 Å². The van der Waals surface area contributed by atoms with Crippen molar-refractivity contribution in [2.75, 3.05) is 0 Å². The van der Waals surface area contributed by atoms with Crippen LogP contribution in [0.15, 0.2) is 145 Å². The Morgan fingerprint density at radius 2 is 0.917 bits per heavy atom. The van der Waals surface area contributed by atoms with Crippen molar-refractivity contribution in [3.63, 3.8) is 0 Å². The van der Waals surface area contributed by atoms with Crippen molar-refractivity contribution in [2.45, 2.75) is 0 Å². The van der Waals surface area contributed by atoms with E-state index < -0.39 is 84.1 Å². The molecule has 168 valence electrons. The lowest BCUT2D eigenvalue weighted by atomic mass is 9.85. The molecule has 7 aromatic rings. The van der Waals surface area contributed by atoms with Crippen LogP contribution in [-0.2, 0) is 0 Å². The Morgan fingerprint density at radius 1 is 0.389 bits per heavy atom. The third kappa shape index (κ3) is 3.31. The van der Waals surface area contributed by atoms with E-state index in [0.717, 1.165) is 0 Å². The second-order valence-corrected chi connectivity index (χ2v) is 8.23. The predicted octanol–water partition coefficient (Wildman–Crippen LogP) is 10.1. The van der Waals surface area contributed by atoms with Crippen molar-refractivity contribution < 1.29 is 19.2 Å². The second-order valence-electron chi connectivity index (χ2n) is 8.23. The molecule has 0 atom stereocenters. The molecule has 0 amide bonds. The quantitative estimate of drug-likeness (QED) is 0.225. The SMILES string of the molecule is [2H]c1c([2H])c(-c2ccccc2)c2c([2H])c([2H])c(-c3c4c([2H])c([2H])c([2H])c([2H])c4c(-c4ccccc4)c4c([2H])c([2H])c([2H])c([2H])c34)c([2H])c2c1[2H]. The molecule has 7 aromatic carbocycles. The fraction of sp³-hybridized carbons (Fsp3) is 0. The van der Waals surface area contributed by atoms with Crippen LogP contribution in [0.4, 0.5) is 0 Å². The normalized spacial score (nSPS) is 16.8. The number of hydrogen-bond donors (Lipinski definition) is 0. The van der Waals surface area contributed by atoms with Crippen LogP contribution in [0.5, 0.6) is 0 Å². The fourth-order valence-electron chi connectivity index (χ4n) is 4.62. The molecule has 0 heterocycles. The van der Waals surface area contributed by atoms with E-state index in [4.69, 9.17) is 15.1 Å². The van der Waals surface area contributed by atoms with Gasteiger partial charge in [-0.25, -0.2) is 0 Å². The Balaban J connectivity index is 1.85. The third-order valence-electron chi connectivity index (χ3n) is 6.19. The number of benzene rings is 7. The molecule has 0 fully saturated rings. The van der Waals surface area contributed by atoms with Crippen LogP contribution >= 0.6 is 0 Å². The first-order valence-electron chi connectivity index (χ1n) is 18.3. The van der Waals surface area contributed by atoms with Crippen molar-refractivity contribution in [2.24, 2.45) is 0 Å². The van der Waals surface area contributed by atoms with E-state index in [1.807, 2.05) is 0 Å². The standard InChI is InChI=1S/C36H24/c1-3-12-25(13-4-1)29-21-11-16-27-24-28(22-23-30(27)29)36-33-19-9-7-17-31(33)35(26-14-5-2-6-15-26)32-18-8-10-20-34(32)36/h1-24H/i7D,8D,9D,10D,11D,16D,17D,18D,19D,20D,21D,22D,23D,24D. The summed E-state index contributed by atoms with van der Waals surface area (Å²) in [5, 5.41) is -1.04. The minimum Gasteiger partial charge on any atom is -0.0622 e. The van der Waals surface area contributed by atoms with Gasteiger partial charge in [-0.1, -0.05) is 139 Å². The molecule has 0 aliphatic rings. The average Bonchev–Trinajstić information content (AvgIpc) is 3.12. The van der Waals surface area contributed by atoms with Gasteiger partial charge in [-0.15, -0.1) is 0 Å². The maximum absolute atomic E-state index is 9.54. The van der Waals surface area contributed by atoms with Gasteiger partial charge in [0.05, 0.1) is 19.2 Å². The third-order valence-corrected chi connectivity index (χ3v) is 6.19. The predicted molar refractivity (Wildman–Crippen MR) is 155 cm³/mol. The molecule has 0 nitrogen and oxygen atoms in total. The first-order valence-corrected chi connectivity index (χ1v) is 11.3. The zero-order chi connectivity index (χ0) is 36.1. The van der Waals surface area contributed by atoms with Gasteiger partial charge < -0.3 is 0 Å². The zero-order valence-corrected chi connectivity index (χ0v) is 18.8. The summed E-state index contributed by atoms with van der Waals surface area (Å²) in [6.07, 6.45) is 0. The van der Waals surface area contributed by atoms with Gasteiger partial charge in [0.2, 0.25) is 0 Å². The van der Waals surface area contributed by atoms with Crippen LogP contribution in [-0.4, -0.2) is 0 Å². The molecule has 0 N–H and O–H groups in total. The molecule has 0 saturated heterocycles. The van der Waals surface area contributed by atoms with Gasteiger partial charge in [0.15, 0.2) is 0 Å². The lowest BCUT2D eigenvalue weighted by Crippen LogP contribution is -1.91. The van der Waals surface area contributed by atoms with E-state index >= 15 is 0 Å². The van der Waals surface area contributed by atoms with Crippen molar-refractivity contribution in [1.29, 1.82) is 0 Å². The summed E-state index contributed by atoms with van der Waals surface area (Å²) in [5.41, 5.74) is 0.283. The van der Waals surface area contributed by atoms with E-state index in [2.05, 4.69) is 0 Å². The van der Waals surface area contributed by atoms with Gasteiger partial charge >= 0.3 is 0 Å². The maximum atomic E-state index is 9.54. The highest BCUT2D eigenvalue weighted by Gasteiger charge is 2.16. The average molecular weight is 471 g/mol. The Kier molecular flexibility index (Phi) is 2.59. The molecule has 0 saturated carbocycles. The molecule has 0 radical (unpaired) electrons. The molecule has 0 bridgehead atoms. The summed E-state index contributed by atoms with van der Waals surface area (Å²) in [6.45, 7) is 0. The maximum Gasteiger partial charge on any atom is 0.0636 e. The summed E-state index contributed by atoms with van der Waals surface area (Å²) in [4.78, 5) is 0. The monoisotopic (exact) mass is 470 g/mol. The van der Waals surface area contributed by atoms with Crippen LogP contribution in [0.1, 0.15) is 19.2 Å². The van der Waals surface area contributed by atoms with Gasteiger partial charge in [-0.3, -0.25) is 0 Å². The van der Waals surface area contributed by atoms with Crippen LogP contribution in [0.3, 0.4) is 0 Å². The summed E-state index contributed by atoms with van der Waals surface area (Å²) in [7, 11) is 0. The van der Waals surface area contributed by atoms with Crippen molar-refractivity contribution in [3.8, 4) is 33.4 Å².